The molecule has 3 aromatic carbocycles. The molecule has 5 rings (SSSR count). The highest BCUT2D eigenvalue weighted by Gasteiger charge is 2.32. The number of hydrogen-bond donors (Lipinski definition) is 2. The Labute approximate surface area is 230 Å². The molecule has 2 N–H and O–H groups in total. The molecule has 0 bridgehead atoms. The van der Waals surface area contributed by atoms with Crippen molar-refractivity contribution in [2.45, 2.75) is 44.6 Å². The van der Waals surface area contributed by atoms with E-state index in [1.165, 1.54) is 12.1 Å². The van der Waals surface area contributed by atoms with E-state index in [4.69, 9.17) is 4.74 Å². The van der Waals surface area contributed by atoms with Gasteiger partial charge in [0, 0.05) is 24.0 Å². The summed E-state index contributed by atoms with van der Waals surface area (Å²) in [4.78, 5) is 20.1. The SMILES string of the molecule is COc1ccc(CNc2cc(CO)c3cc(C(=O)N4CCCCC4c4ccc(C(F)(F)F)cc4)ccc3n2)cc1. The third-order valence-electron chi connectivity index (χ3n) is 7.33. The van der Waals surface area contributed by atoms with Crippen molar-refractivity contribution in [2.24, 2.45) is 0 Å². The minimum absolute atomic E-state index is 0.197. The molecule has 0 aliphatic carbocycles. The number of aliphatic hydroxyl groups excluding tert-OH is 1. The Morgan fingerprint density at radius 3 is 2.48 bits per heavy atom. The van der Waals surface area contributed by atoms with Crippen LogP contribution in [-0.4, -0.2) is 34.6 Å². The molecule has 1 fully saturated rings. The second-order valence-corrected chi connectivity index (χ2v) is 9.89. The van der Waals surface area contributed by atoms with Gasteiger partial charge in [-0.2, -0.15) is 13.2 Å². The Kier molecular flexibility index (Phi) is 7.93. The van der Waals surface area contributed by atoms with Crippen LogP contribution in [0.1, 0.15) is 57.9 Å². The van der Waals surface area contributed by atoms with Crippen molar-refractivity contribution in [3.63, 3.8) is 0 Å². The second kappa shape index (κ2) is 11.6. The molecular weight excluding hydrogens is 519 g/mol. The number of carbonyl (C=O) groups excluding carboxylic acids is 1. The van der Waals surface area contributed by atoms with E-state index in [0.717, 1.165) is 36.3 Å². The van der Waals surface area contributed by atoms with Crippen molar-refractivity contribution in [2.75, 3.05) is 19.0 Å². The highest BCUT2D eigenvalue weighted by Crippen LogP contribution is 2.35. The molecule has 4 aromatic rings. The van der Waals surface area contributed by atoms with Crippen LogP contribution in [0.15, 0.2) is 72.8 Å². The van der Waals surface area contributed by atoms with Gasteiger partial charge in [-0.25, -0.2) is 4.98 Å². The maximum absolute atomic E-state index is 13.7. The summed E-state index contributed by atoms with van der Waals surface area (Å²) in [5, 5.41) is 14.1. The average Bonchev–Trinajstić information content (AvgIpc) is 2.99. The number of nitrogens with one attached hydrogen (secondary N) is 1. The van der Waals surface area contributed by atoms with E-state index < -0.39 is 11.7 Å². The van der Waals surface area contributed by atoms with Gasteiger partial charge in [-0.3, -0.25) is 4.79 Å². The summed E-state index contributed by atoms with van der Waals surface area (Å²) in [6.07, 6.45) is -2.02. The molecule has 40 heavy (non-hydrogen) atoms. The number of halogens is 3. The van der Waals surface area contributed by atoms with Crippen LogP contribution in [0.4, 0.5) is 19.0 Å². The van der Waals surface area contributed by atoms with E-state index in [2.05, 4.69) is 10.3 Å². The largest absolute Gasteiger partial charge is 0.497 e. The van der Waals surface area contributed by atoms with E-state index in [1.807, 2.05) is 24.3 Å². The second-order valence-electron chi connectivity index (χ2n) is 9.89. The van der Waals surface area contributed by atoms with Crippen LogP contribution in [0.5, 0.6) is 5.75 Å². The van der Waals surface area contributed by atoms with E-state index in [0.29, 0.717) is 52.9 Å². The number of nitrogens with zero attached hydrogens (tertiary/aromatic N) is 2. The van der Waals surface area contributed by atoms with Gasteiger partial charge in [0.15, 0.2) is 0 Å². The molecule has 6 nitrogen and oxygen atoms in total. The quantitative estimate of drug-likeness (QED) is 0.267. The highest BCUT2D eigenvalue weighted by atomic mass is 19.4. The Hall–Kier alpha value is -4.11. The molecule has 1 aliphatic heterocycles. The zero-order chi connectivity index (χ0) is 28.3. The van der Waals surface area contributed by atoms with Crippen molar-refractivity contribution in [1.29, 1.82) is 0 Å². The van der Waals surface area contributed by atoms with Gasteiger partial charge in [0.05, 0.1) is 30.8 Å². The topological polar surface area (TPSA) is 74.7 Å². The number of amides is 1. The fourth-order valence-electron chi connectivity index (χ4n) is 5.17. The summed E-state index contributed by atoms with van der Waals surface area (Å²) in [7, 11) is 1.62. The average molecular weight is 550 g/mol. The monoisotopic (exact) mass is 549 g/mol. The van der Waals surface area contributed by atoms with Gasteiger partial charge in [0.1, 0.15) is 11.6 Å². The molecule has 1 unspecified atom stereocenters. The van der Waals surface area contributed by atoms with Crippen LogP contribution in [0.2, 0.25) is 0 Å². The number of pyridine rings is 1. The van der Waals surface area contributed by atoms with Crippen molar-refractivity contribution in [3.8, 4) is 5.75 Å². The molecule has 1 atom stereocenters. The van der Waals surface area contributed by atoms with Gasteiger partial charge in [0.25, 0.3) is 5.91 Å². The van der Waals surface area contributed by atoms with Crippen molar-refractivity contribution < 1.29 is 27.8 Å². The molecule has 2 heterocycles. The van der Waals surface area contributed by atoms with E-state index >= 15 is 0 Å². The predicted octanol–water partition coefficient (Wildman–Crippen LogP) is 6.73. The highest BCUT2D eigenvalue weighted by molar-refractivity contribution is 5.99. The molecule has 9 heteroatoms. The minimum Gasteiger partial charge on any atom is -0.497 e. The zero-order valence-electron chi connectivity index (χ0n) is 22.0. The molecule has 0 radical (unpaired) electrons. The zero-order valence-corrected chi connectivity index (χ0v) is 22.0. The van der Waals surface area contributed by atoms with E-state index in [-0.39, 0.29) is 18.6 Å². The summed E-state index contributed by atoms with van der Waals surface area (Å²) in [5.74, 6) is 1.18. The Morgan fingerprint density at radius 2 is 1.80 bits per heavy atom. The Bertz CT molecular complexity index is 1490. The van der Waals surface area contributed by atoms with Gasteiger partial charge in [-0.15, -0.1) is 0 Å². The Morgan fingerprint density at radius 1 is 1.05 bits per heavy atom. The Balaban J connectivity index is 1.37. The fourth-order valence-corrected chi connectivity index (χ4v) is 5.17. The van der Waals surface area contributed by atoms with Crippen molar-refractivity contribution in [1.82, 2.24) is 9.88 Å². The van der Waals surface area contributed by atoms with Crippen LogP contribution in [0, 0.1) is 0 Å². The number of carbonyl (C=O) groups is 1. The normalized spacial score (nSPS) is 15.7. The van der Waals surface area contributed by atoms with Gasteiger partial charge in [-0.05, 0) is 84.5 Å². The number of benzene rings is 3. The molecule has 0 saturated carbocycles. The smallest absolute Gasteiger partial charge is 0.416 e. The number of aromatic nitrogens is 1. The van der Waals surface area contributed by atoms with Crippen LogP contribution >= 0.6 is 0 Å². The third kappa shape index (κ3) is 5.89. The summed E-state index contributed by atoms with van der Waals surface area (Å²) < 4.78 is 44.4. The fraction of sp³-hybridized carbons (Fsp3) is 0.290. The van der Waals surface area contributed by atoms with Crippen LogP contribution < -0.4 is 10.1 Å². The van der Waals surface area contributed by atoms with Gasteiger partial charge >= 0.3 is 6.18 Å². The number of anilines is 1. The molecule has 0 spiro atoms. The number of methoxy groups -OCH3 is 1. The van der Waals surface area contributed by atoms with E-state index in [9.17, 15) is 23.1 Å². The first-order valence-corrected chi connectivity index (χ1v) is 13.2. The maximum Gasteiger partial charge on any atom is 0.416 e. The molecule has 1 aromatic heterocycles. The molecule has 1 amide bonds. The van der Waals surface area contributed by atoms with Gasteiger partial charge in [0.2, 0.25) is 0 Å². The van der Waals surface area contributed by atoms with Crippen molar-refractivity contribution in [3.05, 3.63) is 101 Å². The minimum atomic E-state index is -4.41. The lowest BCUT2D eigenvalue weighted by Crippen LogP contribution is -2.38. The molecule has 1 saturated heterocycles. The summed E-state index contributed by atoms with van der Waals surface area (Å²) in [5.41, 5.74) is 2.74. The van der Waals surface area contributed by atoms with Gasteiger partial charge < -0.3 is 20.1 Å². The lowest BCUT2D eigenvalue weighted by Gasteiger charge is -2.36. The number of likely N-dealkylation sites (tertiary alicyclic amines) is 1. The van der Waals surface area contributed by atoms with E-state index in [1.54, 1.807) is 36.3 Å². The number of aliphatic hydroxyl groups is 1. The summed E-state index contributed by atoms with van der Waals surface area (Å²) in [6.45, 7) is 0.817. The first-order chi connectivity index (χ1) is 19.3. The molecule has 208 valence electrons. The molecular formula is C31H30F3N3O3. The number of fused-ring (bicyclic) bond motifs is 1. The first-order valence-electron chi connectivity index (χ1n) is 13.2. The van der Waals surface area contributed by atoms with Crippen LogP contribution in [0.3, 0.4) is 0 Å². The third-order valence-corrected chi connectivity index (χ3v) is 7.33. The number of rotatable bonds is 7. The standard InChI is InChI=1S/C31H30F3N3O3/c1-40-25-12-5-20(6-13-25)18-35-29-17-23(19-38)26-16-22(9-14-27(26)36-29)30(39)37-15-3-2-4-28(37)21-7-10-24(11-8-21)31(32,33)34/h5-14,16-17,28,38H,2-4,15,18-19H2,1H3,(H,35,36). The maximum atomic E-state index is 13.7. The summed E-state index contributed by atoms with van der Waals surface area (Å²) in [6, 6.07) is 19.4. The van der Waals surface area contributed by atoms with Crippen LogP contribution in [0.25, 0.3) is 10.9 Å². The number of hydrogen-bond acceptors (Lipinski definition) is 5. The van der Waals surface area contributed by atoms with Crippen molar-refractivity contribution >= 4 is 22.6 Å². The predicted molar refractivity (Wildman–Crippen MR) is 147 cm³/mol. The number of alkyl halides is 3. The lowest BCUT2D eigenvalue weighted by molar-refractivity contribution is -0.137. The van der Waals surface area contributed by atoms with Crippen LogP contribution in [-0.2, 0) is 19.3 Å². The number of ether oxygens (including phenoxy) is 1. The summed E-state index contributed by atoms with van der Waals surface area (Å²) >= 11 is 0. The molecule has 1 aliphatic rings. The lowest BCUT2D eigenvalue weighted by atomic mass is 9.93. The number of piperidine rings is 1. The first kappa shape index (κ1) is 27.5. The van der Waals surface area contributed by atoms with Gasteiger partial charge in [-0.1, -0.05) is 24.3 Å².